The summed E-state index contributed by atoms with van der Waals surface area (Å²) in [5.74, 6) is 0.759. The van der Waals surface area contributed by atoms with E-state index in [0.717, 1.165) is 10.9 Å². The first-order valence-electron chi connectivity index (χ1n) is 7.43. The van der Waals surface area contributed by atoms with Gasteiger partial charge in [0, 0.05) is 28.7 Å². The monoisotopic (exact) mass is 361 g/mol. The van der Waals surface area contributed by atoms with Crippen molar-refractivity contribution >= 4 is 21.7 Å². The van der Waals surface area contributed by atoms with Crippen molar-refractivity contribution in [1.82, 2.24) is 4.98 Å². The standard InChI is InChI=1S/C18H20BrNO2/c1-12(2)9-15(13-3-6-16(19)7-4-13)10-17(21)14-5-8-18(22)20-11-14/h3-8,11-12,15H,9-10H2,1-2H3,(H,20,22). The molecule has 1 heterocycles. The number of hydrogen-bond donors (Lipinski definition) is 1. The Kier molecular flexibility index (Phi) is 5.72. The molecule has 0 saturated heterocycles. The highest BCUT2D eigenvalue weighted by molar-refractivity contribution is 9.10. The van der Waals surface area contributed by atoms with E-state index in [1.807, 2.05) is 12.1 Å². The van der Waals surface area contributed by atoms with Crippen LogP contribution in [0, 0.1) is 5.92 Å². The van der Waals surface area contributed by atoms with Crippen LogP contribution in [-0.2, 0) is 0 Å². The number of rotatable bonds is 6. The molecular weight excluding hydrogens is 342 g/mol. The Balaban J connectivity index is 2.19. The molecule has 1 unspecified atom stereocenters. The molecule has 0 fully saturated rings. The molecule has 0 bridgehead atoms. The first-order chi connectivity index (χ1) is 10.5. The Hall–Kier alpha value is -1.68. The van der Waals surface area contributed by atoms with Crippen LogP contribution < -0.4 is 5.56 Å². The largest absolute Gasteiger partial charge is 0.328 e. The van der Waals surface area contributed by atoms with E-state index < -0.39 is 0 Å². The fraction of sp³-hybridized carbons (Fsp3) is 0.333. The molecule has 0 amide bonds. The average Bonchev–Trinajstić information content (AvgIpc) is 2.47. The fourth-order valence-corrected chi connectivity index (χ4v) is 2.83. The lowest BCUT2D eigenvalue weighted by Gasteiger charge is -2.19. The van der Waals surface area contributed by atoms with Crippen LogP contribution in [-0.4, -0.2) is 10.8 Å². The van der Waals surface area contributed by atoms with Gasteiger partial charge in [-0.2, -0.15) is 0 Å². The minimum absolute atomic E-state index is 0.0600. The summed E-state index contributed by atoms with van der Waals surface area (Å²) in [5, 5.41) is 0. The van der Waals surface area contributed by atoms with Gasteiger partial charge in [-0.1, -0.05) is 41.9 Å². The SMILES string of the molecule is CC(C)CC(CC(=O)c1ccc(=O)[nH]c1)c1ccc(Br)cc1. The van der Waals surface area contributed by atoms with E-state index in [2.05, 4.69) is 46.9 Å². The van der Waals surface area contributed by atoms with E-state index in [4.69, 9.17) is 0 Å². The highest BCUT2D eigenvalue weighted by Gasteiger charge is 2.18. The van der Waals surface area contributed by atoms with Gasteiger partial charge in [0.1, 0.15) is 0 Å². The fourth-order valence-electron chi connectivity index (χ4n) is 2.57. The van der Waals surface area contributed by atoms with Crippen LogP contribution in [0.1, 0.15) is 48.5 Å². The Morgan fingerprint density at radius 2 is 1.82 bits per heavy atom. The van der Waals surface area contributed by atoms with Gasteiger partial charge in [0.2, 0.25) is 5.56 Å². The van der Waals surface area contributed by atoms with E-state index in [1.165, 1.54) is 17.8 Å². The predicted molar refractivity (Wildman–Crippen MR) is 92.3 cm³/mol. The third-order valence-electron chi connectivity index (χ3n) is 3.64. The normalized spacial score (nSPS) is 12.4. The van der Waals surface area contributed by atoms with Gasteiger partial charge < -0.3 is 4.98 Å². The molecule has 0 radical (unpaired) electrons. The van der Waals surface area contributed by atoms with E-state index in [0.29, 0.717) is 17.9 Å². The second-order valence-electron chi connectivity index (χ2n) is 5.95. The maximum absolute atomic E-state index is 12.5. The van der Waals surface area contributed by atoms with Crippen LogP contribution in [0.15, 0.2) is 51.9 Å². The van der Waals surface area contributed by atoms with Crippen molar-refractivity contribution in [2.24, 2.45) is 5.92 Å². The van der Waals surface area contributed by atoms with Gasteiger partial charge in [-0.05, 0) is 42.0 Å². The minimum atomic E-state index is -0.191. The first kappa shape index (κ1) is 16.7. The molecule has 4 heteroatoms. The number of carbonyl (C=O) groups excluding carboxylic acids is 1. The van der Waals surface area contributed by atoms with Crippen LogP contribution in [0.2, 0.25) is 0 Å². The van der Waals surface area contributed by atoms with Gasteiger partial charge >= 0.3 is 0 Å². The average molecular weight is 362 g/mol. The van der Waals surface area contributed by atoms with E-state index in [-0.39, 0.29) is 17.3 Å². The Labute approximate surface area is 138 Å². The number of H-pyrrole nitrogens is 1. The molecule has 22 heavy (non-hydrogen) atoms. The quantitative estimate of drug-likeness (QED) is 0.767. The number of benzene rings is 1. The van der Waals surface area contributed by atoms with Gasteiger partial charge in [-0.3, -0.25) is 9.59 Å². The van der Waals surface area contributed by atoms with Crippen molar-refractivity contribution in [3.63, 3.8) is 0 Å². The third-order valence-corrected chi connectivity index (χ3v) is 4.16. The van der Waals surface area contributed by atoms with Crippen molar-refractivity contribution in [3.05, 3.63) is 68.5 Å². The molecule has 0 saturated carbocycles. The molecule has 0 spiro atoms. The minimum Gasteiger partial charge on any atom is -0.328 e. The van der Waals surface area contributed by atoms with Crippen LogP contribution in [0.3, 0.4) is 0 Å². The molecule has 1 aromatic carbocycles. The number of nitrogens with one attached hydrogen (secondary N) is 1. The summed E-state index contributed by atoms with van der Waals surface area (Å²) in [6.07, 6.45) is 2.90. The van der Waals surface area contributed by atoms with Gasteiger partial charge in [0.15, 0.2) is 5.78 Å². The molecule has 1 atom stereocenters. The molecule has 2 rings (SSSR count). The number of carbonyl (C=O) groups is 1. The van der Waals surface area contributed by atoms with Crippen LogP contribution in [0.5, 0.6) is 0 Å². The van der Waals surface area contributed by atoms with Gasteiger partial charge in [-0.25, -0.2) is 0 Å². The smallest absolute Gasteiger partial charge is 0.247 e. The Morgan fingerprint density at radius 3 is 2.36 bits per heavy atom. The zero-order valence-electron chi connectivity index (χ0n) is 12.8. The lowest BCUT2D eigenvalue weighted by molar-refractivity contribution is 0.0970. The number of halogens is 1. The zero-order valence-corrected chi connectivity index (χ0v) is 14.4. The molecule has 3 nitrogen and oxygen atoms in total. The van der Waals surface area contributed by atoms with Crippen LogP contribution in [0.4, 0.5) is 0 Å². The van der Waals surface area contributed by atoms with Crippen LogP contribution in [0.25, 0.3) is 0 Å². The first-order valence-corrected chi connectivity index (χ1v) is 8.22. The Morgan fingerprint density at radius 1 is 1.14 bits per heavy atom. The maximum Gasteiger partial charge on any atom is 0.247 e. The summed E-state index contributed by atoms with van der Waals surface area (Å²) < 4.78 is 1.03. The van der Waals surface area contributed by atoms with Crippen molar-refractivity contribution in [1.29, 1.82) is 0 Å². The predicted octanol–water partition coefficient (Wildman–Crippen LogP) is 4.54. The van der Waals surface area contributed by atoms with Gasteiger partial charge in [-0.15, -0.1) is 0 Å². The van der Waals surface area contributed by atoms with Crippen molar-refractivity contribution in [2.75, 3.05) is 0 Å². The molecule has 0 aliphatic carbocycles. The van der Waals surface area contributed by atoms with Crippen molar-refractivity contribution in [3.8, 4) is 0 Å². The molecular formula is C18H20BrNO2. The number of pyridine rings is 1. The molecule has 116 valence electrons. The number of aromatic amines is 1. The van der Waals surface area contributed by atoms with Crippen LogP contribution >= 0.6 is 15.9 Å². The van der Waals surface area contributed by atoms with E-state index in [9.17, 15) is 9.59 Å². The lowest BCUT2D eigenvalue weighted by atomic mass is 9.85. The number of ketones is 1. The number of aromatic nitrogens is 1. The summed E-state index contributed by atoms with van der Waals surface area (Å²) in [5.41, 5.74) is 1.54. The third kappa shape index (κ3) is 4.67. The van der Waals surface area contributed by atoms with E-state index >= 15 is 0 Å². The Bertz CT molecular complexity index is 668. The number of hydrogen-bond acceptors (Lipinski definition) is 2. The van der Waals surface area contributed by atoms with Gasteiger partial charge in [0.25, 0.3) is 0 Å². The maximum atomic E-state index is 12.5. The highest BCUT2D eigenvalue weighted by atomic mass is 79.9. The van der Waals surface area contributed by atoms with Gasteiger partial charge in [0.05, 0.1) is 0 Å². The highest BCUT2D eigenvalue weighted by Crippen LogP contribution is 2.29. The second-order valence-corrected chi connectivity index (χ2v) is 6.86. The molecule has 1 aromatic heterocycles. The summed E-state index contributed by atoms with van der Waals surface area (Å²) >= 11 is 3.44. The van der Waals surface area contributed by atoms with Crippen molar-refractivity contribution in [2.45, 2.75) is 32.6 Å². The molecule has 2 aromatic rings. The molecule has 0 aliphatic heterocycles. The zero-order chi connectivity index (χ0) is 16.1. The summed E-state index contributed by atoms with van der Waals surface area (Å²) in [6.45, 7) is 4.33. The van der Waals surface area contributed by atoms with E-state index in [1.54, 1.807) is 6.07 Å². The summed E-state index contributed by atoms with van der Waals surface area (Å²) in [4.78, 5) is 26.1. The lowest BCUT2D eigenvalue weighted by Crippen LogP contribution is -2.12. The summed E-state index contributed by atoms with van der Waals surface area (Å²) in [6, 6.07) is 11.1. The van der Waals surface area contributed by atoms with Crippen molar-refractivity contribution < 1.29 is 4.79 Å². The number of Topliss-reactive ketones (excluding diaryl/α,β-unsaturated/α-hetero) is 1. The molecule has 0 aliphatic rings. The summed E-state index contributed by atoms with van der Waals surface area (Å²) in [7, 11) is 0. The molecule has 1 N–H and O–H groups in total. The topological polar surface area (TPSA) is 49.9 Å². The second kappa shape index (κ2) is 7.54.